The van der Waals surface area contributed by atoms with Gasteiger partial charge >= 0.3 is 0 Å². The minimum Gasteiger partial charge on any atom is -0.202 e. The van der Waals surface area contributed by atoms with Crippen molar-refractivity contribution in [3.8, 4) is 0 Å². The van der Waals surface area contributed by atoms with Gasteiger partial charge in [0, 0.05) is 6.20 Å². The number of nitrogens with zero attached hydrogens (tertiary/aromatic N) is 2. The molecule has 5 heteroatoms. The van der Waals surface area contributed by atoms with Gasteiger partial charge in [0.05, 0.1) is 0 Å². The van der Waals surface area contributed by atoms with E-state index < -0.39 is 12.2 Å². The molecule has 1 rings (SSSR count). The van der Waals surface area contributed by atoms with Crippen LogP contribution in [-0.4, -0.2) is 22.4 Å². The van der Waals surface area contributed by atoms with Crippen molar-refractivity contribution in [2.24, 2.45) is 0 Å². The van der Waals surface area contributed by atoms with Crippen molar-refractivity contribution in [2.45, 2.75) is 5.50 Å². The van der Waals surface area contributed by atoms with E-state index in [0.717, 1.165) is 6.20 Å². The topological polar surface area (TPSA) is 6.48 Å². The van der Waals surface area contributed by atoms with Crippen molar-refractivity contribution < 1.29 is 8.96 Å². The zero-order valence-electron chi connectivity index (χ0n) is 4.47. The molecule has 0 aromatic carbocycles. The molecule has 1 atom stereocenters. The number of alkyl halides is 1. The van der Waals surface area contributed by atoms with Crippen LogP contribution in [0, 0.1) is 0 Å². The molecular formula is C4H5ClF2N2. The van der Waals surface area contributed by atoms with Crippen molar-refractivity contribution in [1.82, 2.24) is 10.2 Å². The number of rotatable bonds is 0. The highest BCUT2D eigenvalue weighted by atomic mass is 35.5. The molecule has 0 N–H and O–H groups in total. The summed E-state index contributed by atoms with van der Waals surface area (Å²) in [4.78, 5) is 0. The second-order valence-electron chi connectivity index (χ2n) is 1.65. The first kappa shape index (κ1) is 6.77. The van der Waals surface area contributed by atoms with E-state index >= 15 is 0 Å². The van der Waals surface area contributed by atoms with Crippen molar-refractivity contribution in [3.63, 3.8) is 0 Å². The first-order chi connectivity index (χ1) is 4.20. The summed E-state index contributed by atoms with van der Waals surface area (Å²) >= 11 is 5.30. The van der Waals surface area contributed by atoms with E-state index in [-0.39, 0.29) is 10.2 Å². The summed E-state index contributed by atoms with van der Waals surface area (Å²) in [5, 5.41) is 0.389. The molecule has 0 radical (unpaired) electrons. The largest absolute Gasteiger partial charge is 0.202 e. The number of halogens is 3. The van der Waals surface area contributed by atoms with Crippen molar-refractivity contribution in [3.05, 3.63) is 12.3 Å². The van der Waals surface area contributed by atoms with Gasteiger partial charge in [0.2, 0.25) is 0 Å². The van der Waals surface area contributed by atoms with Gasteiger partial charge in [-0.1, -0.05) is 16.1 Å². The summed E-state index contributed by atoms with van der Waals surface area (Å²) in [7, 11) is 0. The predicted octanol–water partition coefficient (Wildman–Crippen LogP) is 1.41. The minimum absolute atomic E-state index is 0.182. The Bertz CT molecular complexity index is 130. The van der Waals surface area contributed by atoms with Crippen LogP contribution in [-0.2, 0) is 0 Å². The Labute approximate surface area is 56.2 Å². The molecule has 9 heavy (non-hydrogen) atoms. The third-order valence-corrected chi connectivity index (χ3v) is 1.30. The Morgan fingerprint density at radius 3 is 2.67 bits per heavy atom. The van der Waals surface area contributed by atoms with Crippen LogP contribution < -0.4 is 0 Å². The van der Waals surface area contributed by atoms with Crippen LogP contribution in [0.2, 0.25) is 0 Å². The first-order valence-corrected chi connectivity index (χ1v) is 2.81. The van der Waals surface area contributed by atoms with Gasteiger partial charge in [0.1, 0.15) is 12.2 Å². The Morgan fingerprint density at radius 2 is 2.22 bits per heavy atom. The number of hydrogen-bond donors (Lipinski definition) is 0. The van der Waals surface area contributed by atoms with E-state index in [0.29, 0.717) is 0 Å². The highest BCUT2D eigenvalue weighted by Crippen LogP contribution is 2.13. The number of hydrogen-bond acceptors (Lipinski definition) is 2. The minimum atomic E-state index is -0.836. The maximum absolute atomic E-state index is 12.2. The van der Waals surface area contributed by atoms with Crippen LogP contribution in [0.4, 0.5) is 8.96 Å². The Morgan fingerprint density at radius 1 is 1.56 bits per heavy atom. The van der Waals surface area contributed by atoms with Crippen molar-refractivity contribution >= 4 is 11.6 Å². The summed E-state index contributed by atoms with van der Waals surface area (Å²) in [6, 6.07) is 0. The van der Waals surface area contributed by atoms with Gasteiger partial charge in [-0.15, -0.1) is 9.60 Å². The molecule has 0 amide bonds. The van der Waals surface area contributed by atoms with Crippen LogP contribution in [0.25, 0.3) is 0 Å². The lowest BCUT2D eigenvalue weighted by Gasteiger charge is -2.22. The third-order valence-electron chi connectivity index (χ3n) is 0.944. The monoisotopic (exact) mass is 154 g/mol. The van der Waals surface area contributed by atoms with E-state index in [1.165, 1.54) is 6.08 Å². The highest BCUT2D eigenvalue weighted by Gasteiger charge is 2.18. The van der Waals surface area contributed by atoms with Crippen LogP contribution in [0.5, 0.6) is 0 Å². The smallest absolute Gasteiger partial charge is 0.136 e. The van der Waals surface area contributed by atoms with E-state index in [9.17, 15) is 8.96 Å². The van der Waals surface area contributed by atoms with Gasteiger partial charge in [-0.2, -0.15) is 0 Å². The molecule has 0 spiro atoms. The van der Waals surface area contributed by atoms with E-state index in [4.69, 9.17) is 11.6 Å². The first-order valence-electron chi connectivity index (χ1n) is 2.37. The summed E-state index contributed by atoms with van der Waals surface area (Å²) in [6.45, 7) is -0.426. The fourth-order valence-electron chi connectivity index (χ4n) is 0.512. The maximum Gasteiger partial charge on any atom is 0.136 e. The van der Waals surface area contributed by atoms with Crippen LogP contribution >= 0.6 is 11.6 Å². The summed E-state index contributed by atoms with van der Waals surface area (Å²) in [5.41, 5.74) is -0.836. The lowest BCUT2D eigenvalue weighted by Crippen LogP contribution is -2.33. The lowest BCUT2D eigenvalue weighted by molar-refractivity contribution is -0.0868. The van der Waals surface area contributed by atoms with E-state index in [1.807, 2.05) is 0 Å². The van der Waals surface area contributed by atoms with Gasteiger partial charge in [-0.05, 0) is 6.08 Å². The standard InChI is InChI=1S/C4H5ClF2N2/c5-4-1-2-8(6)3-9(4)7/h1-2,4H,3H2. The second-order valence-corrected chi connectivity index (χ2v) is 2.10. The third kappa shape index (κ3) is 1.53. The molecule has 0 saturated carbocycles. The average Bonchev–Trinajstić information content (AvgIpc) is 1.80. The lowest BCUT2D eigenvalue weighted by atomic mass is 10.5. The second kappa shape index (κ2) is 2.49. The van der Waals surface area contributed by atoms with Crippen LogP contribution in [0.3, 0.4) is 0 Å². The van der Waals surface area contributed by atoms with Crippen molar-refractivity contribution in [1.29, 1.82) is 0 Å². The van der Waals surface area contributed by atoms with Gasteiger partial charge in [-0.25, -0.2) is 5.12 Å². The van der Waals surface area contributed by atoms with Gasteiger partial charge in [0.15, 0.2) is 0 Å². The molecule has 0 bridgehead atoms. The molecule has 0 fully saturated rings. The van der Waals surface area contributed by atoms with Crippen LogP contribution in [0.15, 0.2) is 12.3 Å². The van der Waals surface area contributed by atoms with Crippen molar-refractivity contribution in [2.75, 3.05) is 6.67 Å². The summed E-state index contributed by atoms with van der Waals surface area (Å²) < 4.78 is 24.2. The van der Waals surface area contributed by atoms with Gasteiger partial charge < -0.3 is 0 Å². The fourth-order valence-corrected chi connectivity index (χ4v) is 0.639. The summed E-state index contributed by atoms with van der Waals surface area (Å²) in [6.07, 6.45) is 2.30. The molecule has 2 nitrogen and oxygen atoms in total. The molecule has 0 saturated heterocycles. The average molecular weight is 155 g/mol. The Hall–Kier alpha value is -0.350. The Kier molecular flexibility index (Phi) is 1.87. The predicted molar refractivity (Wildman–Crippen MR) is 29.5 cm³/mol. The zero-order chi connectivity index (χ0) is 6.85. The summed E-state index contributed by atoms with van der Waals surface area (Å²) in [5.74, 6) is 0. The molecule has 1 unspecified atom stereocenters. The molecule has 1 aliphatic rings. The molecule has 0 aromatic heterocycles. The molecular weight excluding hydrogens is 150 g/mol. The Balaban J connectivity index is 2.54. The molecule has 1 heterocycles. The van der Waals surface area contributed by atoms with Gasteiger partial charge in [-0.3, -0.25) is 0 Å². The zero-order valence-corrected chi connectivity index (χ0v) is 5.22. The molecule has 0 aliphatic carbocycles. The highest BCUT2D eigenvalue weighted by molar-refractivity contribution is 6.21. The maximum atomic E-state index is 12.2. The fraction of sp³-hybridized carbons (Fsp3) is 0.500. The quantitative estimate of drug-likeness (QED) is 0.296. The van der Waals surface area contributed by atoms with Gasteiger partial charge in [0.25, 0.3) is 0 Å². The normalized spacial score (nSPS) is 29.2. The molecule has 52 valence electrons. The molecule has 1 aliphatic heterocycles. The molecule has 0 aromatic rings. The van der Waals surface area contributed by atoms with Crippen LogP contribution in [0.1, 0.15) is 0 Å². The van der Waals surface area contributed by atoms with E-state index in [2.05, 4.69) is 0 Å². The van der Waals surface area contributed by atoms with E-state index in [1.54, 1.807) is 0 Å². The SMILES string of the molecule is FN1C=CC(Cl)N(F)C1.